The van der Waals surface area contributed by atoms with Gasteiger partial charge >= 0.3 is 0 Å². The molecule has 0 aliphatic heterocycles. The zero-order valence-corrected chi connectivity index (χ0v) is 13.0. The lowest BCUT2D eigenvalue weighted by atomic mass is 10.0. The molecule has 21 heavy (non-hydrogen) atoms. The first-order valence-corrected chi connectivity index (χ1v) is 7.84. The van der Waals surface area contributed by atoms with Crippen LogP contribution in [0.4, 0.5) is 4.39 Å². The molecule has 1 atom stereocenters. The van der Waals surface area contributed by atoms with Crippen LogP contribution in [0, 0.1) is 19.7 Å². The summed E-state index contributed by atoms with van der Waals surface area (Å²) in [5, 5.41) is 0.936. The average molecular weight is 299 g/mol. The summed E-state index contributed by atoms with van der Waals surface area (Å²) >= 11 is 1.65. The molecule has 1 aromatic heterocycles. The van der Waals surface area contributed by atoms with E-state index >= 15 is 0 Å². The van der Waals surface area contributed by atoms with Crippen molar-refractivity contribution in [3.8, 4) is 0 Å². The summed E-state index contributed by atoms with van der Waals surface area (Å²) in [6.07, 6.45) is 0.803. The van der Waals surface area contributed by atoms with Crippen LogP contribution in [0.5, 0.6) is 0 Å². The maximum Gasteiger partial charge on any atom is 0.123 e. The molecule has 108 valence electrons. The SMILES string of the molecule is Cc1cc(C)cc(CC(N)c2cc3cc(F)ccc3s2)c1. The summed E-state index contributed by atoms with van der Waals surface area (Å²) in [5.74, 6) is -0.199. The fourth-order valence-corrected chi connectivity index (χ4v) is 3.81. The molecule has 3 rings (SSSR count). The van der Waals surface area contributed by atoms with E-state index in [4.69, 9.17) is 5.73 Å². The third kappa shape index (κ3) is 3.14. The number of halogens is 1. The summed E-state index contributed by atoms with van der Waals surface area (Å²) in [7, 11) is 0. The standard InChI is InChI=1S/C18H18FNS/c1-11-5-12(2)7-13(6-11)8-16(20)18-10-14-9-15(19)3-4-17(14)21-18/h3-7,9-10,16H,8,20H2,1-2H3. The fraction of sp³-hybridized carbons (Fsp3) is 0.222. The first-order chi connectivity index (χ1) is 10.0. The van der Waals surface area contributed by atoms with E-state index < -0.39 is 0 Å². The van der Waals surface area contributed by atoms with E-state index in [1.54, 1.807) is 17.4 Å². The molecule has 2 N–H and O–H groups in total. The molecule has 0 amide bonds. The van der Waals surface area contributed by atoms with E-state index in [1.807, 2.05) is 12.1 Å². The lowest BCUT2D eigenvalue weighted by Crippen LogP contribution is -2.11. The van der Waals surface area contributed by atoms with Gasteiger partial charge in [0, 0.05) is 15.6 Å². The number of thiophene rings is 1. The summed E-state index contributed by atoms with van der Waals surface area (Å²) < 4.78 is 14.3. The van der Waals surface area contributed by atoms with Crippen LogP contribution in [0.15, 0.2) is 42.5 Å². The van der Waals surface area contributed by atoms with Gasteiger partial charge in [-0.3, -0.25) is 0 Å². The third-order valence-corrected chi connectivity index (χ3v) is 4.85. The molecule has 2 aromatic carbocycles. The van der Waals surface area contributed by atoms with E-state index in [1.165, 1.54) is 22.8 Å². The molecule has 3 aromatic rings. The summed E-state index contributed by atoms with van der Waals surface area (Å²) in [6.45, 7) is 4.20. The molecule has 1 nitrogen and oxygen atoms in total. The van der Waals surface area contributed by atoms with Crippen molar-refractivity contribution in [2.45, 2.75) is 26.3 Å². The maximum absolute atomic E-state index is 13.3. The molecule has 0 saturated carbocycles. The van der Waals surface area contributed by atoms with Gasteiger partial charge in [-0.25, -0.2) is 4.39 Å². The predicted molar refractivity (Wildman–Crippen MR) is 88.3 cm³/mol. The third-order valence-electron chi connectivity index (χ3n) is 3.60. The van der Waals surface area contributed by atoms with Crippen LogP contribution >= 0.6 is 11.3 Å². The summed E-state index contributed by atoms with van der Waals surface area (Å²) in [4.78, 5) is 1.11. The Kier molecular flexibility index (Phi) is 3.79. The highest BCUT2D eigenvalue weighted by Gasteiger charge is 2.12. The van der Waals surface area contributed by atoms with Crippen LogP contribution < -0.4 is 5.73 Å². The Hall–Kier alpha value is -1.71. The van der Waals surface area contributed by atoms with Crippen molar-refractivity contribution in [2.24, 2.45) is 5.73 Å². The van der Waals surface area contributed by atoms with E-state index in [0.717, 1.165) is 21.4 Å². The molecule has 0 spiro atoms. The topological polar surface area (TPSA) is 26.0 Å². The van der Waals surface area contributed by atoms with E-state index in [-0.39, 0.29) is 11.9 Å². The number of hydrogen-bond acceptors (Lipinski definition) is 2. The Labute approximate surface area is 128 Å². The predicted octanol–water partition coefficient (Wildman–Crippen LogP) is 4.90. The Bertz CT molecular complexity index is 771. The van der Waals surface area contributed by atoms with Crippen LogP contribution in [0.2, 0.25) is 0 Å². The highest BCUT2D eigenvalue weighted by atomic mass is 32.1. The maximum atomic E-state index is 13.3. The molecule has 1 unspecified atom stereocenters. The number of benzene rings is 2. The molecule has 1 heterocycles. The minimum atomic E-state index is -0.199. The van der Waals surface area contributed by atoms with Gasteiger partial charge in [0.15, 0.2) is 0 Å². The summed E-state index contributed by atoms with van der Waals surface area (Å²) in [6, 6.07) is 13.4. The van der Waals surface area contributed by atoms with Gasteiger partial charge in [0.25, 0.3) is 0 Å². The van der Waals surface area contributed by atoms with Crippen molar-refractivity contribution in [3.05, 3.63) is 69.8 Å². The molecule has 0 bridgehead atoms. The molecule has 0 aliphatic rings. The normalized spacial score (nSPS) is 12.8. The zero-order chi connectivity index (χ0) is 15.0. The number of fused-ring (bicyclic) bond motifs is 1. The molecule has 0 aliphatic carbocycles. The average Bonchev–Trinajstić information content (AvgIpc) is 2.80. The first-order valence-electron chi connectivity index (χ1n) is 7.03. The van der Waals surface area contributed by atoms with E-state index in [9.17, 15) is 4.39 Å². The minimum Gasteiger partial charge on any atom is -0.323 e. The monoisotopic (exact) mass is 299 g/mol. The Balaban J connectivity index is 1.87. The van der Waals surface area contributed by atoms with Gasteiger partial charge in [0.1, 0.15) is 5.82 Å². The van der Waals surface area contributed by atoms with Crippen molar-refractivity contribution in [2.75, 3.05) is 0 Å². The molecular weight excluding hydrogens is 281 g/mol. The molecular formula is C18H18FNS. The van der Waals surface area contributed by atoms with Crippen LogP contribution in [0.25, 0.3) is 10.1 Å². The largest absolute Gasteiger partial charge is 0.323 e. The number of nitrogens with two attached hydrogens (primary N) is 1. The van der Waals surface area contributed by atoms with Gasteiger partial charge < -0.3 is 5.73 Å². The Morgan fingerprint density at radius 2 is 1.76 bits per heavy atom. The van der Waals surface area contributed by atoms with Crippen molar-refractivity contribution in [1.82, 2.24) is 0 Å². The second-order valence-electron chi connectivity index (χ2n) is 5.64. The van der Waals surface area contributed by atoms with E-state index in [0.29, 0.717) is 0 Å². The van der Waals surface area contributed by atoms with Gasteiger partial charge in [-0.05, 0) is 55.5 Å². The zero-order valence-electron chi connectivity index (χ0n) is 12.2. The van der Waals surface area contributed by atoms with Crippen LogP contribution in [-0.4, -0.2) is 0 Å². The molecule has 3 heteroatoms. The highest BCUT2D eigenvalue weighted by Crippen LogP contribution is 2.31. The second-order valence-corrected chi connectivity index (χ2v) is 6.75. The quantitative estimate of drug-likeness (QED) is 0.731. The lowest BCUT2D eigenvalue weighted by Gasteiger charge is -2.11. The molecule has 0 saturated heterocycles. The van der Waals surface area contributed by atoms with Crippen molar-refractivity contribution in [3.63, 3.8) is 0 Å². The van der Waals surface area contributed by atoms with Gasteiger partial charge in [-0.1, -0.05) is 29.3 Å². The fourth-order valence-electron chi connectivity index (χ4n) is 2.76. The lowest BCUT2D eigenvalue weighted by molar-refractivity contribution is 0.630. The van der Waals surface area contributed by atoms with Crippen molar-refractivity contribution in [1.29, 1.82) is 0 Å². The van der Waals surface area contributed by atoms with Gasteiger partial charge in [0.2, 0.25) is 0 Å². The Morgan fingerprint density at radius 3 is 2.48 bits per heavy atom. The highest BCUT2D eigenvalue weighted by molar-refractivity contribution is 7.19. The van der Waals surface area contributed by atoms with Crippen LogP contribution in [0.1, 0.15) is 27.6 Å². The summed E-state index contributed by atoms with van der Waals surface area (Å²) in [5.41, 5.74) is 10.1. The number of rotatable bonds is 3. The second kappa shape index (κ2) is 5.58. The van der Waals surface area contributed by atoms with E-state index in [2.05, 4.69) is 32.0 Å². The Morgan fingerprint density at radius 1 is 1.05 bits per heavy atom. The van der Waals surface area contributed by atoms with Crippen molar-refractivity contribution < 1.29 is 4.39 Å². The number of hydrogen-bond donors (Lipinski definition) is 1. The van der Waals surface area contributed by atoms with Gasteiger partial charge in [0.05, 0.1) is 0 Å². The molecule has 0 fully saturated rings. The molecule has 0 radical (unpaired) electrons. The number of aryl methyl sites for hydroxylation is 2. The van der Waals surface area contributed by atoms with Gasteiger partial charge in [-0.2, -0.15) is 0 Å². The minimum absolute atomic E-state index is 0.0494. The van der Waals surface area contributed by atoms with Crippen LogP contribution in [-0.2, 0) is 6.42 Å². The smallest absolute Gasteiger partial charge is 0.123 e. The van der Waals surface area contributed by atoms with Crippen molar-refractivity contribution >= 4 is 21.4 Å². The van der Waals surface area contributed by atoms with Gasteiger partial charge in [-0.15, -0.1) is 11.3 Å². The van der Waals surface area contributed by atoms with Crippen LogP contribution in [0.3, 0.4) is 0 Å². The first kappa shape index (κ1) is 14.2.